The molecule has 3 aromatic rings. The lowest BCUT2D eigenvalue weighted by molar-refractivity contribution is -0.385. The molecule has 0 radical (unpaired) electrons. The average Bonchev–Trinajstić information content (AvgIpc) is 2.71. The molecule has 144 valence electrons. The van der Waals surface area contributed by atoms with E-state index in [9.17, 15) is 14.9 Å². The van der Waals surface area contributed by atoms with Gasteiger partial charge in [-0.25, -0.2) is 9.78 Å². The standard InChI is InChI=1S/C20H18N2O6/c1-12-14-6-4-5-7-15(14)21-16(19(12)20(23)27-3)11-28-18-10-13(22(24)25)8-9-17(18)26-2/h4-10H,11H2,1-3H3. The van der Waals surface area contributed by atoms with Gasteiger partial charge in [0.15, 0.2) is 11.5 Å². The Morgan fingerprint density at radius 2 is 1.89 bits per heavy atom. The molecule has 0 saturated heterocycles. The van der Waals surface area contributed by atoms with E-state index >= 15 is 0 Å². The quantitative estimate of drug-likeness (QED) is 0.363. The first-order valence-electron chi connectivity index (χ1n) is 8.38. The van der Waals surface area contributed by atoms with Gasteiger partial charge in [-0.1, -0.05) is 18.2 Å². The van der Waals surface area contributed by atoms with E-state index in [-0.39, 0.29) is 18.0 Å². The van der Waals surface area contributed by atoms with Crippen LogP contribution in [0.15, 0.2) is 42.5 Å². The van der Waals surface area contributed by atoms with Crippen molar-refractivity contribution in [1.29, 1.82) is 0 Å². The molecule has 1 heterocycles. The van der Waals surface area contributed by atoms with Crippen molar-refractivity contribution < 1.29 is 23.9 Å². The van der Waals surface area contributed by atoms with E-state index in [1.165, 1.54) is 32.4 Å². The molecule has 2 aromatic carbocycles. The van der Waals surface area contributed by atoms with E-state index in [0.717, 1.165) is 10.9 Å². The number of para-hydroxylation sites is 1. The molecule has 0 aliphatic carbocycles. The second-order valence-corrected chi connectivity index (χ2v) is 5.95. The number of carbonyl (C=O) groups excluding carboxylic acids is 1. The maximum Gasteiger partial charge on any atom is 0.340 e. The number of methoxy groups -OCH3 is 2. The number of hydrogen-bond donors (Lipinski definition) is 0. The predicted octanol–water partition coefficient (Wildman–Crippen LogP) is 3.83. The molecular weight excluding hydrogens is 364 g/mol. The molecule has 0 atom stereocenters. The summed E-state index contributed by atoms with van der Waals surface area (Å²) in [6.07, 6.45) is 0. The van der Waals surface area contributed by atoms with Crippen molar-refractivity contribution in [2.75, 3.05) is 14.2 Å². The van der Waals surface area contributed by atoms with Crippen LogP contribution in [0.1, 0.15) is 21.6 Å². The summed E-state index contributed by atoms with van der Waals surface area (Å²) in [6, 6.07) is 11.5. The number of nitro benzene ring substituents is 1. The molecule has 0 amide bonds. The molecule has 0 spiro atoms. The number of fused-ring (bicyclic) bond motifs is 1. The van der Waals surface area contributed by atoms with Crippen LogP contribution in [-0.4, -0.2) is 30.1 Å². The minimum Gasteiger partial charge on any atom is -0.493 e. The first kappa shape index (κ1) is 19.1. The summed E-state index contributed by atoms with van der Waals surface area (Å²) >= 11 is 0. The summed E-state index contributed by atoms with van der Waals surface area (Å²) < 4.78 is 15.9. The van der Waals surface area contributed by atoms with Gasteiger partial charge in [-0.05, 0) is 24.6 Å². The first-order valence-corrected chi connectivity index (χ1v) is 8.38. The number of aromatic nitrogens is 1. The van der Waals surface area contributed by atoms with E-state index in [4.69, 9.17) is 14.2 Å². The second kappa shape index (κ2) is 7.91. The maximum atomic E-state index is 12.3. The van der Waals surface area contributed by atoms with E-state index in [2.05, 4.69) is 4.98 Å². The number of carbonyl (C=O) groups is 1. The zero-order chi connectivity index (χ0) is 20.3. The van der Waals surface area contributed by atoms with Gasteiger partial charge in [-0.15, -0.1) is 0 Å². The molecule has 0 aliphatic heterocycles. The maximum absolute atomic E-state index is 12.3. The minimum absolute atomic E-state index is 0.0896. The third kappa shape index (κ3) is 3.57. The molecule has 0 aliphatic rings. The molecule has 0 fully saturated rings. The molecule has 0 unspecified atom stereocenters. The van der Waals surface area contributed by atoms with Crippen molar-refractivity contribution in [3.05, 3.63) is 69.4 Å². The van der Waals surface area contributed by atoms with Gasteiger partial charge in [-0.2, -0.15) is 0 Å². The summed E-state index contributed by atoms with van der Waals surface area (Å²) in [5.74, 6) is -0.0109. The van der Waals surface area contributed by atoms with Crippen molar-refractivity contribution in [2.45, 2.75) is 13.5 Å². The Bertz CT molecular complexity index is 1060. The topological polar surface area (TPSA) is 101 Å². The van der Waals surface area contributed by atoms with Crippen LogP contribution >= 0.6 is 0 Å². The summed E-state index contributed by atoms with van der Waals surface area (Å²) in [6.45, 7) is 1.72. The van der Waals surface area contributed by atoms with Crippen molar-refractivity contribution in [1.82, 2.24) is 4.98 Å². The van der Waals surface area contributed by atoms with E-state index in [1.54, 1.807) is 0 Å². The van der Waals surface area contributed by atoms with Gasteiger partial charge in [0.1, 0.15) is 6.61 Å². The first-order chi connectivity index (χ1) is 13.5. The summed E-state index contributed by atoms with van der Waals surface area (Å²) in [4.78, 5) is 27.4. The molecule has 0 saturated carbocycles. The molecule has 0 N–H and O–H groups in total. The fraction of sp³-hybridized carbons (Fsp3) is 0.200. The molecular formula is C20H18N2O6. The Labute approximate surface area is 160 Å². The van der Waals surface area contributed by atoms with Crippen molar-refractivity contribution in [3.63, 3.8) is 0 Å². The van der Waals surface area contributed by atoms with Crippen LogP contribution < -0.4 is 9.47 Å². The summed E-state index contributed by atoms with van der Waals surface area (Å²) in [7, 11) is 2.73. The van der Waals surface area contributed by atoms with Crippen LogP contribution in [0.4, 0.5) is 5.69 Å². The number of aryl methyl sites for hydroxylation is 1. The van der Waals surface area contributed by atoms with Crippen LogP contribution in [0, 0.1) is 17.0 Å². The van der Waals surface area contributed by atoms with Crippen LogP contribution in [0.5, 0.6) is 11.5 Å². The van der Waals surface area contributed by atoms with E-state index in [1.807, 2.05) is 31.2 Å². The molecule has 1 aromatic heterocycles. The number of benzene rings is 2. The van der Waals surface area contributed by atoms with Gasteiger partial charge < -0.3 is 14.2 Å². The normalized spacial score (nSPS) is 10.5. The highest BCUT2D eigenvalue weighted by Gasteiger charge is 2.21. The number of ether oxygens (including phenoxy) is 3. The lowest BCUT2D eigenvalue weighted by atomic mass is 10.0. The Hall–Kier alpha value is -3.68. The number of nitrogens with zero attached hydrogens (tertiary/aromatic N) is 2. The number of non-ortho nitro benzene ring substituents is 1. The second-order valence-electron chi connectivity index (χ2n) is 5.95. The Balaban J connectivity index is 2.04. The lowest BCUT2D eigenvalue weighted by Crippen LogP contribution is -2.13. The Morgan fingerprint density at radius 1 is 1.14 bits per heavy atom. The van der Waals surface area contributed by atoms with Crippen molar-refractivity contribution in [2.24, 2.45) is 0 Å². The van der Waals surface area contributed by atoms with Crippen molar-refractivity contribution in [3.8, 4) is 11.5 Å². The highest BCUT2D eigenvalue weighted by Crippen LogP contribution is 2.32. The lowest BCUT2D eigenvalue weighted by Gasteiger charge is -2.15. The monoisotopic (exact) mass is 382 g/mol. The van der Waals surface area contributed by atoms with Gasteiger partial charge in [0, 0.05) is 11.5 Å². The molecule has 8 nitrogen and oxygen atoms in total. The van der Waals surface area contributed by atoms with E-state index < -0.39 is 10.9 Å². The molecule has 28 heavy (non-hydrogen) atoms. The minimum atomic E-state index is -0.527. The number of hydrogen-bond acceptors (Lipinski definition) is 7. The highest BCUT2D eigenvalue weighted by atomic mass is 16.6. The number of nitro groups is 1. The van der Waals surface area contributed by atoms with Gasteiger partial charge in [0.05, 0.1) is 42.0 Å². The number of pyridine rings is 1. The fourth-order valence-electron chi connectivity index (χ4n) is 2.96. The van der Waals surface area contributed by atoms with Gasteiger partial charge in [0.25, 0.3) is 5.69 Å². The predicted molar refractivity (Wildman–Crippen MR) is 102 cm³/mol. The van der Waals surface area contributed by atoms with Gasteiger partial charge in [-0.3, -0.25) is 10.1 Å². The molecule has 3 rings (SSSR count). The average molecular weight is 382 g/mol. The number of rotatable bonds is 6. The fourth-order valence-corrected chi connectivity index (χ4v) is 2.96. The zero-order valence-electron chi connectivity index (χ0n) is 15.6. The Kier molecular flexibility index (Phi) is 5.39. The van der Waals surface area contributed by atoms with Crippen LogP contribution in [0.2, 0.25) is 0 Å². The van der Waals surface area contributed by atoms with Crippen LogP contribution in [-0.2, 0) is 11.3 Å². The van der Waals surface area contributed by atoms with E-state index in [0.29, 0.717) is 22.5 Å². The third-order valence-electron chi connectivity index (χ3n) is 4.34. The summed E-state index contributed by atoms with van der Waals surface area (Å²) in [5, 5.41) is 11.9. The highest BCUT2D eigenvalue weighted by molar-refractivity contribution is 5.98. The SMILES string of the molecule is COC(=O)c1c(COc2cc([N+](=O)[O-])ccc2OC)nc2ccccc2c1C. The molecule has 0 bridgehead atoms. The smallest absolute Gasteiger partial charge is 0.340 e. The molecule has 8 heteroatoms. The van der Waals surface area contributed by atoms with Gasteiger partial charge in [0.2, 0.25) is 0 Å². The largest absolute Gasteiger partial charge is 0.493 e. The number of esters is 1. The zero-order valence-corrected chi connectivity index (χ0v) is 15.6. The van der Waals surface area contributed by atoms with Gasteiger partial charge >= 0.3 is 5.97 Å². The third-order valence-corrected chi connectivity index (χ3v) is 4.34. The summed E-state index contributed by atoms with van der Waals surface area (Å²) in [5.41, 5.74) is 1.98. The van der Waals surface area contributed by atoms with Crippen molar-refractivity contribution >= 4 is 22.6 Å². The van der Waals surface area contributed by atoms with Crippen LogP contribution in [0.25, 0.3) is 10.9 Å². The Morgan fingerprint density at radius 3 is 2.57 bits per heavy atom. The van der Waals surface area contributed by atoms with Crippen LogP contribution in [0.3, 0.4) is 0 Å².